The van der Waals surface area contributed by atoms with Crippen LogP contribution in [0.2, 0.25) is 0 Å². The topological polar surface area (TPSA) is 91.9 Å². The van der Waals surface area contributed by atoms with Gasteiger partial charge < -0.3 is 24.2 Å². The number of aromatic nitrogens is 2. The molecule has 2 fully saturated rings. The summed E-state index contributed by atoms with van der Waals surface area (Å²) in [5, 5.41) is 12.9. The summed E-state index contributed by atoms with van der Waals surface area (Å²) in [5.74, 6) is 3.66. The van der Waals surface area contributed by atoms with Gasteiger partial charge in [0.15, 0.2) is 5.82 Å². The van der Waals surface area contributed by atoms with Gasteiger partial charge in [-0.25, -0.2) is 0 Å². The Hall–Kier alpha value is -2.61. The van der Waals surface area contributed by atoms with Crippen molar-refractivity contribution in [3.05, 3.63) is 35.2 Å². The van der Waals surface area contributed by atoms with Gasteiger partial charge in [0.2, 0.25) is 5.91 Å². The first-order valence-electron chi connectivity index (χ1n) is 11.6. The van der Waals surface area contributed by atoms with Crippen LogP contribution < -0.4 is 9.64 Å². The van der Waals surface area contributed by atoms with Gasteiger partial charge in [0.05, 0.1) is 13.0 Å². The van der Waals surface area contributed by atoms with Crippen molar-refractivity contribution in [1.29, 1.82) is 0 Å². The summed E-state index contributed by atoms with van der Waals surface area (Å²) in [6, 6.07) is 6.55. The van der Waals surface area contributed by atoms with Crippen LogP contribution in [-0.2, 0) is 17.8 Å². The molecule has 1 N–H and O–H groups in total. The quantitative estimate of drug-likeness (QED) is 0.638. The van der Waals surface area contributed by atoms with Crippen molar-refractivity contribution in [2.24, 2.45) is 17.8 Å². The van der Waals surface area contributed by atoms with Crippen LogP contribution in [0.25, 0.3) is 0 Å². The molecule has 1 saturated heterocycles. The van der Waals surface area contributed by atoms with Gasteiger partial charge in [-0.05, 0) is 73.6 Å². The third-order valence-electron chi connectivity index (χ3n) is 6.90. The molecule has 174 valence electrons. The lowest BCUT2D eigenvalue weighted by Gasteiger charge is -2.30. The molecule has 8 heteroatoms. The van der Waals surface area contributed by atoms with Crippen molar-refractivity contribution in [1.82, 2.24) is 15.0 Å². The molecule has 1 aromatic carbocycles. The zero-order chi connectivity index (χ0) is 22.7. The van der Waals surface area contributed by atoms with Gasteiger partial charge in [-0.1, -0.05) is 11.2 Å². The zero-order valence-electron chi connectivity index (χ0n) is 19.3. The lowest BCUT2D eigenvalue weighted by atomic mass is 9.90. The van der Waals surface area contributed by atoms with Crippen LogP contribution in [0.15, 0.2) is 22.7 Å². The van der Waals surface area contributed by atoms with Gasteiger partial charge in [-0.3, -0.25) is 4.79 Å². The zero-order valence-corrected chi connectivity index (χ0v) is 19.3. The van der Waals surface area contributed by atoms with E-state index in [0.717, 1.165) is 73.6 Å². The minimum absolute atomic E-state index is 0.111. The fourth-order valence-corrected chi connectivity index (χ4v) is 4.74. The minimum atomic E-state index is -0.189. The van der Waals surface area contributed by atoms with Crippen molar-refractivity contribution in [3.8, 4) is 5.75 Å². The molecule has 1 aliphatic heterocycles. The molecule has 1 aromatic heterocycles. The Balaban J connectivity index is 1.17. The molecule has 1 saturated carbocycles. The van der Waals surface area contributed by atoms with E-state index < -0.39 is 0 Å². The molecule has 2 heterocycles. The highest BCUT2D eigenvalue weighted by Crippen LogP contribution is 2.49. The first-order chi connectivity index (χ1) is 15.4. The number of hydrogen-bond donors (Lipinski definition) is 1. The average Bonchev–Trinajstić information content (AvgIpc) is 3.39. The van der Waals surface area contributed by atoms with Gasteiger partial charge in [0.1, 0.15) is 12.4 Å². The molecular weight excluding hydrogens is 408 g/mol. The molecular formula is C24H34N4O4. The van der Waals surface area contributed by atoms with Crippen LogP contribution in [0.1, 0.15) is 42.6 Å². The van der Waals surface area contributed by atoms with E-state index in [0.29, 0.717) is 18.3 Å². The third kappa shape index (κ3) is 5.41. The van der Waals surface area contributed by atoms with E-state index in [1.165, 1.54) is 6.42 Å². The van der Waals surface area contributed by atoms with Crippen molar-refractivity contribution in [3.63, 3.8) is 0 Å². The summed E-state index contributed by atoms with van der Waals surface area (Å²) >= 11 is 0. The fourth-order valence-electron chi connectivity index (χ4n) is 4.74. The van der Waals surface area contributed by atoms with Gasteiger partial charge >= 0.3 is 6.01 Å². The molecule has 1 amide bonds. The lowest BCUT2D eigenvalue weighted by Crippen LogP contribution is -2.34. The third-order valence-corrected chi connectivity index (χ3v) is 6.90. The largest absolute Gasteiger partial charge is 0.494 e. The number of rotatable bonds is 9. The highest BCUT2D eigenvalue weighted by molar-refractivity contribution is 5.78. The SMILES string of the molecule is Cc1cc(OCC[C@@H]2C[C@@H]2C2CCN(c3nc(CO)no3)CC2)ccc1CC(=O)N(C)C. The normalized spacial score (nSPS) is 20.9. The number of likely N-dealkylation sites (N-methyl/N-ethyl adjacent to an activating group) is 1. The second-order valence-corrected chi connectivity index (χ2v) is 9.33. The number of nitrogens with zero attached hydrogens (tertiary/aromatic N) is 4. The molecule has 2 aliphatic rings. The number of aliphatic hydroxyl groups is 1. The first kappa shape index (κ1) is 22.6. The van der Waals surface area contributed by atoms with Gasteiger partial charge in [0, 0.05) is 27.2 Å². The number of hydrogen-bond acceptors (Lipinski definition) is 7. The number of aryl methyl sites for hydroxylation is 1. The average molecular weight is 443 g/mol. The highest BCUT2D eigenvalue weighted by Gasteiger charge is 2.43. The summed E-state index contributed by atoms with van der Waals surface area (Å²) < 4.78 is 11.3. The maximum Gasteiger partial charge on any atom is 0.324 e. The number of amides is 1. The number of ether oxygens (including phenoxy) is 1. The second kappa shape index (κ2) is 9.90. The highest BCUT2D eigenvalue weighted by atomic mass is 16.5. The van der Waals surface area contributed by atoms with E-state index in [2.05, 4.69) is 15.0 Å². The molecule has 2 atom stereocenters. The first-order valence-corrected chi connectivity index (χ1v) is 11.6. The van der Waals surface area contributed by atoms with Gasteiger partial charge in [0.25, 0.3) is 0 Å². The summed E-state index contributed by atoms with van der Waals surface area (Å²) in [6.07, 6.45) is 5.11. The van der Waals surface area contributed by atoms with Gasteiger partial charge in [-0.2, -0.15) is 4.98 Å². The van der Waals surface area contributed by atoms with Crippen molar-refractivity contribution in [2.75, 3.05) is 38.7 Å². The number of benzene rings is 1. The van der Waals surface area contributed by atoms with E-state index in [-0.39, 0.29) is 12.5 Å². The summed E-state index contributed by atoms with van der Waals surface area (Å²) in [5.41, 5.74) is 2.15. The van der Waals surface area contributed by atoms with Crippen LogP contribution in [0, 0.1) is 24.7 Å². The Morgan fingerprint density at radius 3 is 2.75 bits per heavy atom. The number of piperidine rings is 1. The Morgan fingerprint density at radius 2 is 2.09 bits per heavy atom. The predicted molar refractivity (Wildman–Crippen MR) is 120 cm³/mol. The number of aliphatic hydroxyl groups excluding tert-OH is 1. The van der Waals surface area contributed by atoms with Crippen molar-refractivity contribution >= 4 is 11.9 Å². The molecule has 0 bridgehead atoms. The van der Waals surface area contributed by atoms with Gasteiger partial charge in [-0.15, -0.1) is 0 Å². The molecule has 8 nitrogen and oxygen atoms in total. The van der Waals surface area contributed by atoms with Crippen molar-refractivity contribution in [2.45, 2.75) is 45.6 Å². The molecule has 0 unspecified atom stereocenters. The standard InChI is InChI=1S/C24H34N4O4/c1-16-12-20(5-4-18(16)14-23(30)27(2)3)31-11-8-19-13-21(19)17-6-9-28(10-7-17)24-25-22(15-29)26-32-24/h4-5,12,17,19,21,29H,6-11,13-15H2,1-3H3/t19-,21-/m1/s1. The molecule has 4 rings (SSSR count). The Morgan fingerprint density at radius 1 is 1.31 bits per heavy atom. The second-order valence-electron chi connectivity index (χ2n) is 9.33. The van der Waals surface area contributed by atoms with Crippen LogP contribution in [0.4, 0.5) is 6.01 Å². The number of carbonyl (C=O) groups excluding carboxylic acids is 1. The van der Waals surface area contributed by atoms with E-state index >= 15 is 0 Å². The number of anilines is 1. The molecule has 2 aromatic rings. The smallest absolute Gasteiger partial charge is 0.324 e. The molecule has 0 radical (unpaired) electrons. The van der Waals surface area contributed by atoms with E-state index in [1.54, 1.807) is 19.0 Å². The summed E-state index contributed by atoms with van der Waals surface area (Å²) in [4.78, 5) is 19.9. The number of carbonyl (C=O) groups is 1. The molecule has 32 heavy (non-hydrogen) atoms. The minimum Gasteiger partial charge on any atom is -0.494 e. The van der Waals surface area contributed by atoms with E-state index in [1.807, 2.05) is 25.1 Å². The fraction of sp³-hybridized carbons (Fsp3) is 0.625. The summed E-state index contributed by atoms with van der Waals surface area (Å²) in [7, 11) is 3.57. The monoisotopic (exact) mass is 442 g/mol. The van der Waals surface area contributed by atoms with Crippen LogP contribution in [0.5, 0.6) is 5.75 Å². The Labute approximate surface area is 189 Å². The van der Waals surface area contributed by atoms with Crippen LogP contribution in [0.3, 0.4) is 0 Å². The maximum absolute atomic E-state index is 11.9. The van der Waals surface area contributed by atoms with Crippen LogP contribution >= 0.6 is 0 Å². The van der Waals surface area contributed by atoms with Crippen LogP contribution in [-0.4, -0.2) is 59.8 Å². The molecule has 1 aliphatic carbocycles. The predicted octanol–water partition coefficient (Wildman–Crippen LogP) is 2.82. The maximum atomic E-state index is 11.9. The summed E-state index contributed by atoms with van der Waals surface area (Å²) in [6.45, 7) is 4.44. The Bertz CT molecular complexity index is 920. The van der Waals surface area contributed by atoms with Crippen molar-refractivity contribution < 1.29 is 19.2 Å². The Kier molecular flexibility index (Phi) is 6.98. The van der Waals surface area contributed by atoms with E-state index in [9.17, 15) is 4.79 Å². The molecule has 0 spiro atoms. The lowest BCUT2D eigenvalue weighted by molar-refractivity contribution is -0.127. The van der Waals surface area contributed by atoms with E-state index in [4.69, 9.17) is 14.4 Å².